The summed E-state index contributed by atoms with van der Waals surface area (Å²) < 4.78 is 3.10. The molecule has 0 radical (unpaired) electrons. The second-order valence-electron chi connectivity index (χ2n) is 2.66. The monoisotopic (exact) mass is 263 g/mol. The summed E-state index contributed by atoms with van der Waals surface area (Å²) in [5.41, 5.74) is 0.696. The lowest BCUT2D eigenvalue weighted by atomic mass is 10.3. The van der Waals surface area contributed by atoms with Crippen LogP contribution in [-0.4, -0.2) is 15.1 Å². The van der Waals surface area contributed by atoms with Crippen molar-refractivity contribution in [1.29, 1.82) is 0 Å². The molecule has 0 fully saturated rings. The Hall–Kier alpha value is -0.840. The Morgan fingerprint density at radius 3 is 2.60 bits per heavy atom. The molecule has 0 unspecified atom stereocenters. The van der Waals surface area contributed by atoms with Crippen molar-refractivity contribution in [3.63, 3.8) is 0 Å². The van der Waals surface area contributed by atoms with Gasteiger partial charge in [-0.15, -0.1) is 0 Å². The van der Waals surface area contributed by atoms with Crippen LogP contribution < -0.4 is 0 Å². The molecule has 0 aliphatic heterocycles. The third-order valence-corrected chi connectivity index (χ3v) is 2.07. The van der Waals surface area contributed by atoms with Crippen LogP contribution in [0.1, 0.15) is 5.89 Å². The fourth-order valence-corrected chi connectivity index (χ4v) is 1.18. The van der Waals surface area contributed by atoms with Crippen LogP contribution in [0.3, 0.4) is 0 Å². The van der Waals surface area contributed by atoms with E-state index in [1.807, 2.05) is 0 Å². The van der Waals surface area contributed by atoms with Crippen molar-refractivity contribution < 1.29 is 4.52 Å². The number of hydrogen-bond acceptors (Lipinski definition) is 4. The second-order valence-corrected chi connectivity index (χ2v) is 4.94. The van der Waals surface area contributed by atoms with Gasteiger partial charge in [-0.2, -0.15) is 4.98 Å². The lowest BCUT2D eigenvalue weighted by Gasteiger charge is -2.01. The minimum absolute atomic E-state index is 0.0636. The predicted octanol–water partition coefficient (Wildman–Crippen LogP) is 2.96. The zero-order valence-corrected chi connectivity index (χ0v) is 9.46. The van der Waals surface area contributed by atoms with Crippen LogP contribution in [0.5, 0.6) is 0 Å². The minimum atomic E-state index is -1.70. The molecule has 4 nitrogen and oxygen atoms in total. The van der Waals surface area contributed by atoms with E-state index in [0.717, 1.165) is 0 Å². The molecule has 78 valence electrons. The summed E-state index contributed by atoms with van der Waals surface area (Å²) >= 11 is 16.7. The number of pyridine rings is 1. The van der Waals surface area contributed by atoms with Crippen molar-refractivity contribution in [3.05, 3.63) is 30.4 Å². The van der Waals surface area contributed by atoms with E-state index in [2.05, 4.69) is 15.1 Å². The van der Waals surface area contributed by atoms with Crippen LogP contribution in [0.4, 0.5) is 0 Å². The van der Waals surface area contributed by atoms with Gasteiger partial charge in [0.15, 0.2) is 0 Å². The van der Waals surface area contributed by atoms with E-state index in [9.17, 15) is 0 Å². The second kappa shape index (κ2) is 3.96. The van der Waals surface area contributed by atoms with E-state index in [0.29, 0.717) is 11.4 Å². The van der Waals surface area contributed by atoms with Gasteiger partial charge in [-0.05, 0) is 12.1 Å². The van der Waals surface area contributed by atoms with Crippen LogP contribution >= 0.6 is 34.8 Å². The number of rotatable bonds is 1. The summed E-state index contributed by atoms with van der Waals surface area (Å²) in [5.74, 6) is 0.274. The summed E-state index contributed by atoms with van der Waals surface area (Å²) in [4.78, 5) is 7.85. The maximum absolute atomic E-state index is 5.58. The van der Waals surface area contributed by atoms with E-state index in [-0.39, 0.29) is 5.89 Å². The van der Waals surface area contributed by atoms with Crippen molar-refractivity contribution in [2.75, 3.05) is 0 Å². The Morgan fingerprint density at radius 2 is 2.07 bits per heavy atom. The summed E-state index contributed by atoms with van der Waals surface area (Å²) in [6, 6.07) is 3.53. The largest absolute Gasteiger partial charge is 0.334 e. The third-order valence-electron chi connectivity index (χ3n) is 1.59. The van der Waals surface area contributed by atoms with Gasteiger partial charge in [0.25, 0.3) is 9.68 Å². The maximum Gasteiger partial charge on any atom is 0.279 e. The van der Waals surface area contributed by atoms with Crippen LogP contribution in [0, 0.1) is 0 Å². The maximum atomic E-state index is 5.58. The van der Waals surface area contributed by atoms with E-state index >= 15 is 0 Å². The fraction of sp³-hybridized carbons (Fsp3) is 0.125. The van der Waals surface area contributed by atoms with Gasteiger partial charge in [0.05, 0.1) is 0 Å². The molecule has 0 N–H and O–H groups in total. The van der Waals surface area contributed by atoms with E-state index < -0.39 is 3.79 Å². The fourth-order valence-electron chi connectivity index (χ4n) is 0.951. The number of nitrogens with zero attached hydrogens (tertiary/aromatic N) is 3. The number of alkyl halides is 3. The van der Waals surface area contributed by atoms with Gasteiger partial charge < -0.3 is 4.52 Å². The van der Waals surface area contributed by atoms with Gasteiger partial charge in [-0.1, -0.05) is 40.0 Å². The van der Waals surface area contributed by atoms with Gasteiger partial charge in [0.1, 0.15) is 0 Å². The topological polar surface area (TPSA) is 51.8 Å². The average molecular weight is 264 g/mol. The predicted molar refractivity (Wildman–Crippen MR) is 56.8 cm³/mol. The first-order chi connectivity index (χ1) is 7.07. The molecular weight excluding hydrogens is 260 g/mol. The summed E-state index contributed by atoms with van der Waals surface area (Å²) in [6.45, 7) is 0. The number of hydrogen-bond donors (Lipinski definition) is 0. The van der Waals surface area contributed by atoms with Gasteiger partial charge in [0.2, 0.25) is 5.82 Å². The molecule has 2 aromatic rings. The first-order valence-corrected chi connectivity index (χ1v) is 5.02. The third kappa shape index (κ3) is 2.40. The Balaban J connectivity index is 2.37. The molecule has 0 saturated carbocycles. The molecule has 15 heavy (non-hydrogen) atoms. The molecular formula is C8H4Cl3N3O. The van der Waals surface area contributed by atoms with Crippen LogP contribution in [0.25, 0.3) is 11.4 Å². The SMILES string of the molecule is ClC(Cl)(Cl)c1nc(-c2cccnc2)no1. The van der Waals surface area contributed by atoms with Gasteiger partial charge in [0, 0.05) is 18.0 Å². The van der Waals surface area contributed by atoms with E-state index in [1.54, 1.807) is 24.5 Å². The first kappa shape index (κ1) is 10.7. The van der Waals surface area contributed by atoms with Gasteiger partial charge >= 0.3 is 0 Å². The van der Waals surface area contributed by atoms with Crippen molar-refractivity contribution in [2.24, 2.45) is 0 Å². The summed E-state index contributed by atoms with van der Waals surface area (Å²) in [6.07, 6.45) is 3.23. The molecule has 2 heterocycles. The minimum Gasteiger partial charge on any atom is -0.334 e. The highest BCUT2D eigenvalue weighted by Gasteiger charge is 2.30. The molecule has 0 atom stereocenters. The molecule has 0 saturated heterocycles. The van der Waals surface area contributed by atoms with E-state index in [4.69, 9.17) is 39.3 Å². The lowest BCUT2D eigenvalue weighted by molar-refractivity contribution is 0.383. The molecule has 2 aromatic heterocycles. The van der Waals surface area contributed by atoms with Gasteiger partial charge in [-0.25, -0.2) is 0 Å². The zero-order valence-electron chi connectivity index (χ0n) is 7.19. The molecule has 0 amide bonds. The summed E-state index contributed by atoms with van der Waals surface area (Å²) in [5, 5.41) is 3.67. The van der Waals surface area contributed by atoms with Crippen LogP contribution in [0.2, 0.25) is 0 Å². The molecule has 0 aliphatic rings. The summed E-state index contributed by atoms with van der Waals surface area (Å²) in [7, 11) is 0. The molecule has 7 heteroatoms. The smallest absolute Gasteiger partial charge is 0.279 e. The number of halogens is 3. The standard InChI is InChI=1S/C8H4Cl3N3O/c9-8(10,11)7-13-6(14-15-7)5-2-1-3-12-4-5/h1-4H. The van der Waals surface area contributed by atoms with Crippen molar-refractivity contribution >= 4 is 34.8 Å². The Kier molecular flexibility index (Phi) is 2.82. The van der Waals surface area contributed by atoms with Crippen molar-refractivity contribution in [3.8, 4) is 11.4 Å². The lowest BCUT2D eigenvalue weighted by Crippen LogP contribution is -1.99. The molecule has 0 spiro atoms. The Morgan fingerprint density at radius 1 is 1.27 bits per heavy atom. The van der Waals surface area contributed by atoms with Crippen molar-refractivity contribution in [1.82, 2.24) is 15.1 Å². The van der Waals surface area contributed by atoms with Gasteiger partial charge in [-0.3, -0.25) is 4.98 Å². The Bertz CT molecular complexity index is 452. The normalized spacial score (nSPS) is 11.7. The number of aromatic nitrogens is 3. The van der Waals surface area contributed by atoms with Crippen molar-refractivity contribution in [2.45, 2.75) is 3.79 Å². The van der Waals surface area contributed by atoms with Crippen LogP contribution in [-0.2, 0) is 3.79 Å². The Labute approximate surface area is 100 Å². The quantitative estimate of drug-likeness (QED) is 0.743. The highest BCUT2D eigenvalue weighted by Crippen LogP contribution is 2.37. The van der Waals surface area contributed by atoms with Crippen LogP contribution in [0.15, 0.2) is 29.0 Å². The first-order valence-electron chi connectivity index (χ1n) is 3.88. The highest BCUT2D eigenvalue weighted by molar-refractivity contribution is 6.66. The molecule has 0 aromatic carbocycles. The van der Waals surface area contributed by atoms with E-state index in [1.165, 1.54) is 0 Å². The molecule has 2 rings (SSSR count). The molecule has 0 bridgehead atoms. The zero-order chi connectivity index (χ0) is 10.9. The average Bonchev–Trinajstić information content (AvgIpc) is 2.67. The molecule has 0 aliphatic carbocycles. The highest BCUT2D eigenvalue weighted by atomic mass is 35.6.